The SMILES string of the molecule is CC(C)C1CC12CCN(C(C)C)CC2.CC(C)C1CC2(C1)CN(C(C)C)C2.CC(C)C1CC2(C1)CN(C(C)C)C2.CC(C)C1CC2(CCN(C(C)C)CC2)C1.CC(C)C1CCC2(CC1)CCN(C(C)C)CC2.CC(C)C1CCC2(CCN(C(C)C)CC2)CO1.CC(C)N1CC2(C1)CN(C(C)C)C2.CC(C)N1CC2(COC2)C1.CC(C)N1CCC2(CC1)CN2C(C)C. The molecule has 126 heavy (non-hydrogen) atoms. The lowest BCUT2D eigenvalue weighted by Crippen LogP contribution is -2.73. The molecule has 0 N–H and O–H groups in total. The molecule has 5 saturated carbocycles. The minimum atomic E-state index is 0.517. The molecule has 0 amide bonds. The Hall–Kier alpha value is -0.520. The summed E-state index contributed by atoms with van der Waals surface area (Å²) in [5.74, 6) is 10.4. The first kappa shape index (κ1) is 108. The monoisotopic (exact) mass is 1760 g/mol. The van der Waals surface area contributed by atoms with Gasteiger partial charge in [0.05, 0.1) is 25.9 Å². The summed E-state index contributed by atoms with van der Waals surface area (Å²) in [6, 6.07) is 8.21. The van der Waals surface area contributed by atoms with Crippen LogP contribution in [0.5, 0.6) is 0 Å². The van der Waals surface area contributed by atoms with Gasteiger partial charge in [-0.2, -0.15) is 0 Å². The molecule has 0 radical (unpaired) electrons. The second-order valence-corrected chi connectivity index (χ2v) is 53.4. The highest BCUT2D eigenvalue weighted by Gasteiger charge is 2.59. The van der Waals surface area contributed by atoms with Gasteiger partial charge in [0.25, 0.3) is 0 Å². The number of piperidine rings is 5. The maximum Gasteiger partial charge on any atom is 0.0598 e. The second-order valence-electron chi connectivity index (χ2n) is 53.4. The van der Waals surface area contributed by atoms with E-state index in [0.29, 0.717) is 39.8 Å². The van der Waals surface area contributed by atoms with E-state index in [2.05, 4.69) is 289 Å². The molecule has 0 bridgehead atoms. The number of ether oxygens (including phenoxy) is 2. The van der Waals surface area contributed by atoms with E-state index in [1.165, 1.54) is 285 Å². The Balaban J connectivity index is 0.000000148. The van der Waals surface area contributed by atoms with Gasteiger partial charge in [0.2, 0.25) is 0 Å². The van der Waals surface area contributed by atoms with E-state index in [1.54, 1.807) is 0 Å². The van der Waals surface area contributed by atoms with Crippen LogP contribution in [0, 0.1) is 108 Å². The van der Waals surface area contributed by atoms with Gasteiger partial charge in [-0.25, -0.2) is 0 Å². The summed E-state index contributed by atoms with van der Waals surface area (Å²) in [5, 5.41) is 0. The van der Waals surface area contributed by atoms with Crippen LogP contribution in [0.1, 0.15) is 383 Å². The highest BCUT2D eigenvalue weighted by atomic mass is 16.5. The van der Waals surface area contributed by atoms with Crippen molar-refractivity contribution in [3.8, 4) is 0 Å². The Labute approximate surface area is 785 Å². The van der Waals surface area contributed by atoms with Gasteiger partial charge in [0.15, 0.2) is 0 Å². The van der Waals surface area contributed by atoms with Crippen LogP contribution in [-0.2, 0) is 9.47 Å². The molecule has 13 nitrogen and oxygen atoms in total. The molecule has 18 fully saturated rings. The third-order valence-corrected chi connectivity index (χ3v) is 38.6. The molecule has 18 rings (SSSR count). The molecular formula is C113H219N11O2. The molecule has 9 spiro atoms. The van der Waals surface area contributed by atoms with Crippen LogP contribution in [0.3, 0.4) is 0 Å². The fraction of sp³-hybridized carbons (Fsp3) is 1.00. The van der Waals surface area contributed by atoms with Crippen LogP contribution in [0.15, 0.2) is 0 Å². The quantitative estimate of drug-likeness (QED) is 0.130. The van der Waals surface area contributed by atoms with Gasteiger partial charge >= 0.3 is 0 Å². The molecule has 738 valence electrons. The molecule has 3 unspecified atom stereocenters. The van der Waals surface area contributed by atoms with Crippen molar-refractivity contribution in [1.82, 2.24) is 53.9 Å². The smallest absolute Gasteiger partial charge is 0.0598 e. The van der Waals surface area contributed by atoms with E-state index in [9.17, 15) is 0 Å². The lowest BCUT2D eigenvalue weighted by atomic mass is 9.55. The van der Waals surface area contributed by atoms with Gasteiger partial charge < -0.3 is 34.0 Å². The van der Waals surface area contributed by atoms with E-state index in [-0.39, 0.29) is 0 Å². The maximum atomic E-state index is 6.11. The Kier molecular flexibility index (Phi) is 38.7. The van der Waals surface area contributed by atoms with E-state index < -0.39 is 0 Å². The summed E-state index contributed by atoms with van der Waals surface area (Å²) in [4.78, 5) is 28.7. The Morgan fingerprint density at radius 3 is 0.738 bits per heavy atom. The van der Waals surface area contributed by atoms with E-state index in [4.69, 9.17) is 9.47 Å². The molecule has 13 heterocycles. The summed E-state index contributed by atoms with van der Waals surface area (Å²) in [6.07, 6.45) is 34.1. The number of nitrogens with zero attached hydrogens (tertiary/aromatic N) is 11. The highest BCUT2D eigenvalue weighted by Crippen LogP contribution is 2.63. The van der Waals surface area contributed by atoms with Crippen molar-refractivity contribution in [3.63, 3.8) is 0 Å². The summed E-state index contributed by atoms with van der Waals surface area (Å²) in [7, 11) is 0. The fourth-order valence-electron chi connectivity index (χ4n) is 27.2. The Morgan fingerprint density at radius 2 is 0.484 bits per heavy atom. The first-order valence-corrected chi connectivity index (χ1v) is 55.3. The molecule has 0 aromatic heterocycles. The third-order valence-electron chi connectivity index (χ3n) is 38.6. The van der Waals surface area contributed by atoms with Crippen LogP contribution >= 0.6 is 0 Å². The number of hydrogen-bond acceptors (Lipinski definition) is 13. The number of likely N-dealkylation sites (tertiary alicyclic amines) is 10. The molecule has 13 heteroatoms. The van der Waals surface area contributed by atoms with Crippen LogP contribution in [0.25, 0.3) is 0 Å². The molecule has 13 saturated heterocycles. The Morgan fingerprint density at radius 1 is 0.206 bits per heavy atom. The first-order valence-electron chi connectivity index (χ1n) is 55.3. The zero-order valence-electron chi connectivity index (χ0n) is 90.7. The zero-order valence-corrected chi connectivity index (χ0v) is 90.7. The van der Waals surface area contributed by atoms with Crippen molar-refractivity contribution in [2.45, 2.75) is 461 Å². The van der Waals surface area contributed by atoms with Crippen molar-refractivity contribution in [2.75, 3.05) is 157 Å². The van der Waals surface area contributed by atoms with Crippen molar-refractivity contribution in [3.05, 3.63) is 0 Å². The summed E-state index contributed by atoms with van der Waals surface area (Å²) < 4.78 is 11.3. The van der Waals surface area contributed by atoms with Crippen LogP contribution < -0.4 is 0 Å². The van der Waals surface area contributed by atoms with Crippen molar-refractivity contribution in [2.24, 2.45) is 108 Å². The minimum absolute atomic E-state index is 0.517. The van der Waals surface area contributed by atoms with Gasteiger partial charge in [-0.15, -0.1) is 0 Å². The second kappa shape index (κ2) is 45.4. The average Bonchev–Trinajstić information content (AvgIpc) is 1.37. The highest BCUT2D eigenvalue weighted by molar-refractivity contribution is 5.13. The van der Waals surface area contributed by atoms with Crippen molar-refractivity contribution in [1.29, 1.82) is 0 Å². The Bertz CT molecular complexity index is 2710. The maximum absolute atomic E-state index is 6.11. The lowest BCUT2D eigenvalue weighted by molar-refractivity contribution is -0.195. The molecule has 13 aliphatic heterocycles. The average molecular weight is 1760 g/mol. The molecule has 5 aliphatic carbocycles. The normalized spacial score (nSPS) is 30.5. The summed E-state index contributed by atoms with van der Waals surface area (Å²) >= 11 is 0. The molecule has 18 aliphatic rings. The van der Waals surface area contributed by atoms with Gasteiger partial charge in [-0.3, -0.25) is 29.4 Å². The largest absolute Gasteiger partial charge is 0.380 e. The van der Waals surface area contributed by atoms with Crippen molar-refractivity contribution >= 4 is 0 Å². The standard InChI is InChI=1S/C16H31N.C15H29NO.C14H27N.C13H25N.C12H24N2.2C12H23N.C11H22N2.C8H15NO/c1-13(2)15-5-7-16(8-6-15)9-11-17(12-10-16)14(3)4;1-12(2)14-5-6-15(11-17-14)7-9-16(10-8-15)13(3)4;1-11(2)13-9-14(10-13)5-7-15(8-6-14)12(3)4;1-10(2)12-9-13(12)5-7-14(8-6-13)11(3)4;1-10(2)13-7-5-12(6-8-13)9-14(12)11(3)4;2*1-9(2)11-5-12(6-11)7-13(8-12)10(3)4;1-9(2)12-5-11(6-12)7-13(8-11)10(3)4;1-7(2)9-3-8(4-9)5-10-6-8/h13-15H,5-12H2,1-4H3;12-14H,5-11H2,1-4H3;11-13H,5-10H2,1-4H3;10-12H,5-9H2,1-4H3;10-11H,5-9H2,1-4H3;2*9-11H,5-8H2,1-4H3;9-10H,5-8H2,1-4H3;7H,3-6H2,1-2H3. The van der Waals surface area contributed by atoms with Crippen LogP contribution in [0.2, 0.25) is 0 Å². The minimum Gasteiger partial charge on any atom is -0.380 e. The molecular weight excluding hydrogens is 1540 g/mol. The molecule has 0 aromatic carbocycles. The zero-order chi connectivity index (χ0) is 92.8. The predicted octanol–water partition coefficient (Wildman–Crippen LogP) is 24.0. The summed E-state index contributed by atoms with van der Waals surface area (Å²) in [5.41, 5.74) is 6.32. The topological polar surface area (TPSA) is 53.9 Å². The number of hydrogen-bond donors (Lipinski definition) is 0. The van der Waals surface area contributed by atoms with E-state index >= 15 is 0 Å². The first-order chi connectivity index (χ1) is 59.0. The van der Waals surface area contributed by atoms with Gasteiger partial charge in [0, 0.05) is 168 Å². The van der Waals surface area contributed by atoms with E-state index in [0.717, 1.165) is 166 Å². The molecule has 3 atom stereocenters. The number of rotatable bonds is 17. The van der Waals surface area contributed by atoms with Crippen LogP contribution in [0.4, 0.5) is 0 Å². The predicted molar refractivity (Wildman–Crippen MR) is 544 cm³/mol. The van der Waals surface area contributed by atoms with Gasteiger partial charge in [0.1, 0.15) is 0 Å². The van der Waals surface area contributed by atoms with Gasteiger partial charge in [-0.1, -0.05) is 83.1 Å². The third kappa shape index (κ3) is 27.9. The molecule has 0 aromatic rings. The van der Waals surface area contributed by atoms with Crippen LogP contribution in [-0.4, -0.2) is 289 Å². The van der Waals surface area contributed by atoms with E-state index in [1.807, 2.05) is 0 Å². The lowest BCUT2D eigenvalue weighted by Gasteiger charge is -2.62. The van der Waals surface area contributed by atoms with Crippen molar-refractivity contribution < 1.29 is 9.47 Å². The summed E-state index contributed by atoms with van der Waals surface area (Å²) in [6.45, 7) is 110. The fourth-order valence-corrected chi connectivity index (χ4v) is 27.2. The van der Waals surface area contributed by atoms with Gasteiger partial charge in [-0.05, 0) is 450 Å².